The van der Waals surface area contributed by atoms with E-state index in [1.54, 1.807) is 23.6 Å². The molecular formula is C12H14ClN3O2S2. The van der Waals surface area contributed by atoms with Gasteiger partial charge in [-0.1, -0.05) is 11.6 Å². The third-order valence-electron chi connectivity index (χ3n) is 2.69. The minimum Gasteiger partial charge on any atom is -0.304 e. The van der Waals surface area contributed by atoms with Gasteiger partial charge in [-0.15, -0.1) is 11.3 Å². The first kappa shape index (κ1) is 15.4. The van der Waals surface area contributed by atoms with Crippen molar-refractivity contribution in [3.8, 4) is 0 Å². The SMILES string of the molecule is C[C@H](NCc1cc(Cl)cc(S(N)(=O)=O)c1)c1nccs1. The molecule has 1 aromatic carbocycles. The predicted octanol–water partition coefficient (Wildman–Crippen LogP) is 2.29. The first-order chi connectivity index (χ1) is 9.36. The van der Waals surface area contributed by atoms with Crippen LogP contribution >= 0.6 is 22.9 Å². The number of aromatic nitrogens is 1. The Labute approximate surface area is 126 Å². The van der Waals surface area contributed by atoms with E-state index in [0.717, 1.165) is 10.6 Å². The molecule has 0 fully saturated rings. The molecule has 2 rings (SSSR count). The molecule has 20 heavy (non-hydrogen) atoms. The lowest BCUT2D eigenvalue weighted by molar-refractivity contribution is 0.570. The van der Waals surface area contributed by atoms with E-state index in [4.69, 9.17) is 16.7 Å². The zero-order valence-electron chi connectivity index (χ0n) is 10.7. The maximum absolute atomic E-state index is 11.4. The highest BCUT2D eigenvalue weighted by atomic mass is 35.5. The number of nitrogens with two attached hydrogens (primary N) is 1. The molecule has 0 aliphatic rings. The summed E-state index contributed by atoms with van der Waals surface area (Å²) in [6.07, 6.45) is 1.75. The van der Waals surface area contributed by atoms with Gasteiger partial charge in [-0.3, -0.25) is 0 Å². The van der Waals surface area contributed by atoms with Crippen LogP contribution in [0.25, 0.3) is 0 Å². The van der Waals surface area contributed by atoms with Gasteiger partial charge in [-0.25, -0.2) is 18.5 Å². The predicted molar refractivity (Wildman–Crippen MR) is 80.2 cm³/mol. The highest BCUT2D eigenvalue weighted by molar-refractivity contribution is 7.89. The summed E-state index contributed by atoms with van der Waals surface area (Å²) in [6, 6.07) is 4.64. The third kappa shape index (κ3) is 4.00. The fraction of sp³-hybridized carbons (Fsp3) is 0.250. The van der Waals surface area contributed by atoms with Crippen molar-refractivity contribution < 1.29 is 8.42 Å². The number of thiazole rings is 1. The second kappa shape index (κ2) is 6.19. The Balaban J connectivity index is 2.12. The first-order valence-electron chi connectivity index (χ1n) is 5.81. The average Bonchev–Trinajstić information content (AvgIpc) is 2.88. The van der Waals surface area contributed by atoms with Gasteiger partial charge in [-0.2, -0.15) is 0 Å². The second-order valence-electron chi connectivity index (χ2n) is 4.31. The van der Waals surface area contributed by atoms with E-state index in [0.29, 0.717) is 11.6 Å². The summed E-state index contributed by atoms with van der Waals surface area (Å²) in [5, 5.41) is 11.6. The Kier molecular flexibility index (Phi) is 4.77. The minimum atomic E-state index is -3.75. The molecule has 1 heterocycles. The van der Waals surface area contributed by atoms with Gasteiger partial charge in [0.25, 0.3) is 0 Å². The average molecular weight is 332 g/mol. The smallest absolute Gasteiger partial charge is 0.238 e. The molecule has 0 saturated carbocycles. The molecular weight excluding hydrogens is 318 g/mol. The maximum atomic E-state index is 11.4. The van der Waals surface area contributed by atoms with Crippen LogP contribution in [0.1, 0.15) is 23.5 Å². The molecule has 108 valence electrons. The maximum Gasteiger partial charge on any atom is 0.238 e. The van der Waals surface area contributed by atoms with Crippen molar-refractivity contribution in [1.82, 2.24) is 10.3 Å². The molecule has 3 N–H and O–H groups in total. The first-order valence-corrected chi connectivity index (χ1v) is 8.61. The van der Waals surface area contributed by atoms with E-state index in [9.17, 15) is 8.42 Å². The topological polar surface area (TPSA) is 85.1 Å². The van der Waals surface area contributed by atoms with E-state index in [2.05, 4.69) is 10.3 Å². The fourth-order valence-electron chi connectivity index (χ4n) is 1.69. The zero-order valence-corrected chi connectivity index (χ0v) is 13.1. The van der Waals surface area contributed by atoms with Gasteiger partial charge in [0.05, 0.1) is 10.9 Å². The third-order valence-corrected chi connectivity index (χ3v) is 4.76. The standard InChI is InChI=1S/C12H14ClN3O2S2/c1-8(12-15-2-3-19-12)16-7-9-4-10(13)6-11(5-9)20(14,17)18/h2-6,8,16H,7H2,1H3,(H2,14,17,18)/t8-/m0/s1. The van der Waals surface area contributed by atoms with E-state index in [-0.39, 0.29) is 10.9 Å². The summed E-state index contributed by atoms with van der Waals surface area (Å²) >= 11 is 7.47. The summed E-state index contributed by atoms with van der Waals surface area (Å²) in [5.74, 6) is 0. The van der Waals surface area contributed by atoms with E-state index in [1.807, 2.05) is 12.3 Å². The van der Waals surface area contributed by atoms with Crippen LogP contribution in [0.15, 0.2) is 34.7 Å². The summed E-state index contributed by atoms with van der Waals surface area (Å²) in [4.78, 5) is 4.23. The quantitative estimate of drug-likeness (QED) is 0.880. The highest BCUT2D eigenvalue weighted by Crippen LogP contribution is 2.20. The lowest BCUT2D eigenvalue weighted by atomic mass is 10.2. The molecule has 1 aromatic heterocycles. The number of nitrogens with one attached hydrogen (secondary N) is 1. The van der Waals surface area contributed by atoms with Crippen LogP contribution in [0.3, 0.4) is 0 Å². The number of hydrogen-bond acceptors (Lipinski definition) is 5. The Bertz CT molecular complexity index is 687. The Morgan fingerprint density at radius 3 is 2.80 bits per heavy atom. The Morgan fingerprint density at radius 2 is 2.20 bits per heavy atom. The van der Waals surface area contributed by atoms with Gasteiger partial charge in [0.2, 0.25) is 10.0 Å². The van der Waals surface area contributed by atoms with Crippen molar-refractivity contribution >= 4 is 33.0 Å². The monoisotopic (exact) mass is 331 g/mol. The molecule has 5 nitrogen and oxygen atoms in total. The number of sulfonamides is 1. The van der Waals surface area contributed by atoms with Gasteiger partial charge in [0.1, 0.15) is 5.01 Å². The molecule has 0 amide bonds. The van der Waals surface area contributed by atoms with Crippen LogP contribution in [0, 0.1) is 0 Å². The van der Waals surface area contributed by atoms with Crippen molar-refractivity contribution in [2.24, 2.45) is 5.14 Å². The highest BCUT2D eigenvalue weighted by Gasteiger charge is 2.12. The normalized spacial score (nSPS) is 13.3. The summed E-state index contributed by atoms with van der Waals surface area (Å²) in [6.45, 7) is 2.47. The lowest BCUT2D eigenvalue weighted by Gasteiger charge is -2.12. The van der Waals surface area contributed by atoms with Crippen LogP contribution in [-0.4, -0.2) is 13.4 Å². The molecule has 0 spiro atoms. The van der Waals surface area contributed by atoms with Gasteiger partial charge in [0, 0.05) is 23.1 Å². The van der Waals surface area contributed by atoms with Gasteiger partial charge in [0.15, 0.2) is 0 Å². The molecule has 0 aliphatic heterocycles. The summed E-state index contributed by atoms with van der Waals surface area (Å²) in [7, 11) is -3.75. The van der Waals surface area contributed by atoms with Crippen LogP contribution in [-0.2, 0) is 16.6 Å². The Morgan fingerprint density at radius 1 is 1.45 bits per heavy atom. The number of halogens is 1. The Hall–Kier alpha value is -0.990. The number of benzene rings is 1. The summed E-state index contributed by atoms with van der Waals surface area (Å²) in [5.41, 5.74) is 0.755. The van der Waals surface area contributed by atoms with Crippen LogP contribution in [0.2, 0.25) is 5.02 Å². The molecule has 2 aromatic rings. The second-order valence-corrected chi connectivity index (χ2v) is 7.24. The van der Waals surface area contributed by atoms with Crippen molar-refractivity contribution in [1.29, 1.82) is 0 Å². The zero-order chi connectivity index (χ0) is 14.8. The number of primary sulfonamides is 1. The molecule has 0 unspecified atom stereocenters. The van der Waals surface area contributed by atoms with E-state index < -0.39 is 10.0 Å². The van der Waals surface area contributed by atoms with Crippen molar-refractivity contribution in [3.63, 3.8) is 0 Å². The van der Waals surface area contributed by atoms with Crippen LogP contribution in [0.5, 0.6) is 0 Å². The van der Waals surface area contributed by atoms with Crippen LogP contribution < -0.4 is 10.5 Å². The van der Waals surface area contributed by atoms with Crippen molar-refractivity contribution in [2.45, 2.75) is 24.4 Å². The number of rotatable bonds is 5. The number of hydrogen-bond donors (Lipinski definition) is 2. The van der Waals surface area contributed by atoms with Gasteiger partial charge >= 0.3 is 0 Å². The molecule has 1 atom stereocenters. The van der Waals surface area contributed by atoms with Crippen LogP contribution in [0.4, 0.5) is 0 Å². The fourth-order valence-corrected chi connectivity index (χ4v) is 3.29. The molecule has 0 saturated heterocycles. The lowest BCUT2D eigenvalue weighted by Crippen LogP contribution is -2.18. The van der Waals surface area contributed by atoms with E-state index >= 15 is 0 Å². The van der Waals surface area contributed by atoms with Crippen molar-refractivity contribution in [2.75, 3.05) is 0 Å². The minimum absolute atomic E-state index is 0.0173. The summed E-state index contributed by atoms with van der Waals surface area (Å²) < 4.78 is 22.7. The van der Waals surface area contributed by atoms with Gasteiger partial charge in [-0.05, 0) is 30.7 Å². The van der Waals surface area contributed by atoms with E-state index in [1.165, 1.54) is 12.1 Å². The molecule has 8 heteroatoms. The molecule has 0 radical (unpaired) electrons. The van der Waals surface area contributed by atoms with Crippen molar-refractivity contribution in [3.05, 3.63) is 45.4 Å². The molecule has 0 bridgehead atoms. The van der Waals surface area contributed by atoms with Gasteiger partial charge < -0.3 is 5.32 Å². The molecule has 0 aliphatic carbocycles. The number of nitrogens with zero attached hydrogens (tertiary/aromatic N) is 1. The largest absolute Gasteiger partial charge is 0.304 e.